The first-order valence-corrected chi connectivity index (χ1v) is 33.4. The zero-order valence-electron chi connectivity index (χ0n) is 50.4. The number of amides is 1. The van der Waals surface area contributed by atoms with Crippen LogP contribution in [-0.2, 0) is 18.4 Å². The number of hydrogen-bond donors (Lipinski definition) is 2. The Balaban J connectivity index is 4.18. The standard InChI is InChI=1S/C67H123N2O6P/c1-6-8-10-12-14-16-18-20-22-24-26-28-30-32-33-34-35-37-39-41-43-45-47-49-51-53-55-57-59-61-67(71)68-65(64-75-76(72,73)74-63-62-69(3,4)5)66(70)60-58-56-54-52-50-48-46-44-42-40-38-36-31-29-27-25-23-21-19-17-15-13-11-9-7-2/h8,10,14,16,20,22,26,28,32-33,35,37,58,60,65-66,70H,6-7,9,11-13,15,17-19,21,23-25,27,29-31,34,36,38-57,59,61-64H2,1-5H3,(H-,68,71,72,73)/b10-8-,16-14-,22-20-,28-26-,33-32-,37-35-,60-58+. The summed E-state index contributed by atoms with van der Waals surface area (Å²) in [6, 6.07) is -0.895. The molecule has 0 aromatic rings. The number of allylic oxidation sites excluding steroid dienone is 13. The molecule has 0 heterocycles. The summed E-state index contributed by atoms with van der Waals surface area (Å²) in [6.07, 6.45) is 81.0. The van der Waals surface area contributed by atoms with Gasteiger partial charge in [0.15, 0.2) is 0 Å². The lowest BCUT2D eigenvalue weighted by Gasteiger charge is -2.29. The van der Waals surface area contributed by atoms with Gasteiger partial charge in [0.05, 0.1) is 39.9 Å². The Morgan fingerprint density at radius 1 is 0.474 bits per heavy atom. The first-order valence-electron chi connectivity index (χ1n) is 31.9. The van der Waals surface area contributed by atoms with Gasteiger partial charge in [-0.3, -0.25) is 9.36 Å². The van der Waals surface area contributed by atoms with E-state index in [0.717, 1.165) is 83.5 Å². The molecule has 0 aliphatic rings. The van der Waals surface area contributed by atoms with Gasteiger partial charge in [-0.15, -0.1) is 0 Å². The quantitative estimate of drug-likeness (QED) is 0.0272. The largest absolute Gasteiger partial charge is 0.756 e. The molecular formula is C67H123N2O6P. The maximum absolute atomic E-state index is 13.0. The topological polar surface area (TPSA) is 108 Å². The highest BCUT2D eigenvalue weighted by molar-refractivity contribution is 7.45. The second kappa shape index (κ2) is 57.4. The number of rotatable bonds is 58. The predicted molar refractivity (Wildman–Crippen MR) is 330 cm³/mol. The summed E-state index contributed by atoms with van der Waals surface area (Å²) in [6.45, 7) is 4.56. The fourth-order valence-electron chi connectivity index (χ4n) is 9.16. The molecule has 2 N–H and O–H groups in total. The average Bonchev–Trinajstić information content (AvgIpc) is 3.38. The monoisotopic (exact) mass is 1080 g/mol. The molecule has 0 aromatic heterocycles. The molecule has 0 aliphatic carbocycles. The first-order chi connectivity index (χ1) is 37.0. The van der Waals surface area contributed by atoms with Gasteiger partial charge in [0.25, 0.3) is 7.82 Å². The van der Waals surface area contributed by atoms with Gasteiger partial charge in [-0.1, -0.05) is 292 Å². The van der Waals surface area contributed by atoms with Crippen LogP contribution in [0.4, 0.5) is 0 Å². The van der Waals surface area contributed by atoms with E-state index in [1.165, 1.54) is 180 Å². The molecule has 3 unspecified atom stereocenters. The van der Waals surface area contributed by atoms with E-state index in [4.69, 9.17) is 9.05 Å². The van der Waals surface area contributed by atoms with Crippen LogP contribution in [0.1, 0.15) is 284 Å². The van der Waals surface area contributed by atoms with Crippen molar-refractivity contribution in [3.05, 3.63) is 85.1 Å². The van der Waals surface area contributed by atoms with Gasteiger partial charge in [0.2, 0.25) is 5.91 Å². The SMILES string of the molecule is CC/C=C\C/C=C\C/C=C\C/C=C\C/C=C\C/C=C\CCCCCCCCCCCCC(=O)NC(COP(=O)([O-])OCC[N+](C)(C)C)C(O)/C=C/CCCCCCCCCCCCCCCCCCCCCCCCC. The van der Waals surface area contributed by atoms with E-state index in [2.05, 4.69) is 92.1 Å². The van der Waals surface area contributed by atoms with Crippen LogP contribution in [-0.4, -0.2) is 68.5 Å². The highest BCUT2D eigenvalue weighted by atomic mass is 31.2. The molecule has 0 fully saturated rings. The van der Waals surface area contributed by atoms with Gasteiger partial charge in [-0.2, -0.15) is 0 Å². The van der Waals surface area contributed by atoms with Crippen molar-refractivity contribution in [2.45, 2.75) is 296 Å². The third-order valence-corrected chi connectivity index (χ3v) is 15.1. The van der Waals surface area contributed by atoms with Crippen molar-refractivity contribution in [2.75, 3.05) is 40.9 Å². The van der Waals surface area contributed by atoms with Crippen LogP contribution < -0.4 is 10.2 Å². The summed E-state index contributed by atoms with van der Waals surface area (Å²) in [7, 11) is 1.26. The Bertz CT molecular complexity index is 1510. The summed E-state index contributed by atoms with van der Waals surface area (Å²) in [4.78, 5) is 25.6. The summed E-state index contributed by atoms with van der Waals surface area (Å²) in [5.41, 5.74) is 0. The number of nitrogens with zero attached hydrogens (tertiary/aromatic N) is 1. The summed E-state index contributed by atoms with van der Waals surface area (Å²) < 4.78 is 23.4. The molecular weight excluding hydrogens is 960 g/mol. The van der Waals surface area contributed by atoms with Crippen LogP contribution in [0.2, 0.25) is 0 Å². The summed E-state index contributed by atoms with van der Waals surface area (Å²) >= 11 is 0. The first kappa shape index (κ1) is 73.7. The molecule has 8 nitrogen and oxygen atoms in total. The third-order valence-electron chi connectivity index (χ3n) is 14.1. The molecule has 0 saturated heterocycles. The Morgan fingerprint density at radius 3 is 1.17 bits per heavy atom. The van der Waals surface area contributed by atoms with Crippen LogP contribution in [0.5, 0.6) is 0 Å². The van der Waals surface area contributed by atoms with Gasteiger partial charge >= 0.3 is 0 Å². The highest BCUT2D eigenvalue weighted by Gasteiger charge is 2.23. The highest BCUT2D eigenvalue weighted by Crippen LogP contribution is 2.38. The Morgan fingerprint density at radius 2 is 0.803 bits per heavy atom. The second-order valence-corrected chi connectivity index (χ2v) is 24.1. The fraction of sp³-hybridized carbons (Fsp3) is 0.776. The smallest absolute Gasteiger partial charge is 0.268 e. The number of carbonyl (C=O) groups is 1. The minimum absolute atomic E-state index is 0.00491. The number of phosphoric ester groups is 1. The van der Waals surface area contributed by atoms with Crippen molar-refractivity contribution in [1.29, 1.82) is 0 Å². The molecule has 0 rings (SSSR count). The van der Waals surface area contributed by atoms with E-state index in [9.17, 15) is 19.4 Å². The predicted octanol–water partition coefficient (Wildman–Crippen LogP) is 19.4. The van der Waals surface area contributed by atoms with Crippen molar-refractivity contribution in [1.82, 2.24) is 5.32 Å². The van der Waals surface area contributed by atoms with Crippen LogP contribution in [0.3, 0.4) is 0 Å². The Kier molecular flexibility index (Phi) is 55.6. The van der Waals surface area contributed by atoms with Gasteiger partial charge < -0.3 is 28.8 Å². The van der Waals surface area contributed by atoms with E-state index in [1.807, 2.05) is 27.2 Å². The van der Waals surface area contributed by atoms with E-state index in [-0.39, 0.29) is 19.1 Å². The van der Waals surface area contributed by atoms with Crippen molar-refractivity contribution >= 4 is 13.7 Å². The van der Waals surface area contributed by atoms with Gasteiger partial charge in [-0.25, -0.2) is 0 Å². The minimum Gasteiger partial charge on any atom is -0.756 e. The van der Waals surface area contributed by atoms with E-state index >= 15 is 0 Å². The van der Waals surface area contributed by atoms with E-state index in [0.29, 0.717) is 17.4 Å². The van der Waals surface area contributed by atoms with Gasteiger partial charge in [-0.05, 0) is 70.6 Å². The maximum atomic E-state index is 13.0. The van der Waals surface area contributed by atoms with Crippen LogP contribution >= 0.6 is 7.82 Å². The number of aliphatic hydroxyl groups is 1. The number of carbonyl (C=O) groups excluding carboxylic acids is 1. The van der Waals surface area contributed by atoms with Crippen molar-refractivity contribution in [2.24, 2.45) is 0 Å². The van der Waals surface area contributed by atoms with Crippen molar-refractivity contribution in [3.63, 3.8) is 0 Å². The number of likely N-dealkylation sites (N-methyl/N-ethyl adjacent to an activating group) is 1. The molecule has 0 bridgehead atoms. The lowest BCUT2D eigenvalue weighted by Crippen LogP contribution is -2.45. The third kappa shape index (κ3) is 59.3. The normalized spacial score (nSPS) is 14.4. The number of unbranched alkanes of at least 4 members (excludes halogenated alkanes) is 33. The second-order valence-electron chi connectivity index (χ2n) is 22.7. The molecule has 0 spiro atoms. The van der Waals surface area contributed by atoms with Gasteiger partial charge in [0, 0.05) is 6.42 Å². The van der Waals surface area contributed by atoms with Gasteiger partial charge in [0.1, 0.15) is 13.2 Å². The summed E-state index contributed by atoms with van der Waals surface area (Å²) in [5.74, 6) is -0.202. The summed E-state index contributed by atoms with van der Waals surface area (Å²) in [5, 5.41) is 13.9. The molecule has 3 atom stereocenters. The van der Waals surface area contributed by atoms with Crippen molar-refractivity contribution in [3.8, 4) is 0 Å². The maximum Gasteiger partial charge on any atom is 0.268 e. The molecule has 76 heavy (non-hydrogen) atoms. The van der Waals surface area contributed by atoms with E-state index in [1.54, 1.807) is 6.08 Å². The number of nitrogens with one attached hydrogen (secondary N) is 1. The molecule has 0 saturated carbocycles. The van der Waals surface area contributed by atoms with Crippen molar-refractivity contribution < 1.29 is 32.9 Å². The number of phosphoric acid groups is 1. The zero-order chi connectivity index (χ0) is 55.6. The van der Waals surface area contributed by atoms with Crippen LogP contribution in [0.15, 0.2) is 85.1 Å². The average molecular weight is 1080 g/mol. The fourth-order valence-corrected chi connectivity index (χ4v) is 9.88. The number of aliphatic hydroxyl groups excluding tert-OH is 1. The molecule has 0 radical (unpaired) electrons. The molecule has 0 aliphatic heterocycles. The van der Waals surface area contributed by atoms with E-state index < -0.39 is 20.0 Å². The number of hydrogen-bond acceptors (Lipinski definition) is 6. The lowest BCUT2D eigenvalue weighted by molar-refractivity contribution is -0.870. The van der Waals surface area contributed by atoms with Crippen LogP contribution in [0, 0.1) is 0 Å². The lowest BCUT2D eigenvalue weighted by atomic mass is 10.0. The zero-order valence-corrected chi connectivity index (χ0v) is 51.3. The molecule has 9 heteroatoms. The molecule has 0 aromatic carbocycles. The number of quaternary nitrogens is 1. The molecule has 442 valence electrons. The van der Waals surface area contributed by atoms with Crippen LogP contribution in [0.25, 0.3) is 0 Å². The minimum atomic E-state index is -4.61. The Labute approximate surface area is 471 Å². The molecule has 1 amide bonds. The Hall–Kier alpha value is -2.32.